The Morgan fingerprint density at radius 3 is 2.67 bits per heavy atom. The topological polar surface area (TPSA) is 53.6 Å². The monoisotopic (exact) mass is 250 g/mol. The van der Waals surface area contributed by atoms with E-state index in [0.29, 0.717) is 6.42 Å². The molecule has 0 bridgehead atoms. The minimum absolute atomic E-state index is 0.133. The van der Waals surface area contributed by atoms with E-state index in [1.165, 1.54) is 0 Å². The van der Waals surface area contributed by atoms with E-state index in [-0.39, 0.29) is 17.3 Å². The molecule has 2 aliphatic rings. The Morgan fingerprint density at radius 1 is 1.22 bits per heavy atom. The van der Waals surface area contributed by atoms with Gasteiger partial charge in [0, 0.05) is 12.0 Å². The van der Waals surface area contributed by atoms with Gasteiger partial charge in [-0.25, -0.2) is 0 Å². The van der Waals surface area contributed by atoms with Crippen molar-refractivity contribution in [2.45, 2.75) is 51.7 Å². The number of hydrogen-bond acceptors (Lipinski definition) is 3. The van der Waals surface area contributed by atoms with Crippen LogP contribution < -0.4 is 0 Å². The summed E-state index contributed by atoms with van der Waals surface area (Å²) in [6.45, 7) is 6.35. The molecule has 0 spiro atoms. The van der Waals surface area contributed by atoms with Gasteiger partial charge in [0.15, 0.2) is 0 Å². The summed E-state index contributed by atoms with van der Waals surface area (Å²) in [6.07, 6.45) is 5.32. The van der Waals surface area contributed by atoms with Gasteiger partial charge in [-0.2, -0.15) is 0 Å². The van der Waals surface area contributed by atoms with Crippen molar-refractivity contribution in [3.05, 3.63) is 23.7 Å². The van der Waals surface area contributed by atoms with Crippen molar-refractivity contribution < 1.29 is 14.6 Å². The fraction of sp³-hybridized carbons (Fsp3) is 0.733. The second-order valence-corrected chi connectivity index (χ2v) is 7.17. The molecule has 1 heterocycles. The zero-order valence-electron chi connectivity index (χ0n) is 11.3. The highest BCUT2D eigenvalue weighted by Gasteiger charge is 2.52. The van der Waals surface area contributed by atoms with Crippen LogP contribution in [0.3, 0.4) is 0 Å². The van der Waals surface area contributed by atoms with Crippen LogP contribution in [0.2, 0.25) is 0 Å². The number of fused-ring (bicyclic) bond motifs is 2. The largest absolute Gasteiger partial charge is 0.472 e. The third-order valence-corrected chi connectivity index (χ3v) is 4.93. The van der Waals surface area contributed by atoms with Crippen molar-refractivity contribution in [2.75, 3.05) is 0 Å². The average Bonchev–Trinajstić information content (AvgIpc) is 2.79. The molecular formula is C15H22O3. The molecule has 3 nitrogen and oxygen atoms in total. The number of aliphatic hydroxyl groups excluding tert-OH is 1. The van der Waals surface area contributed by atoms with E-state index in [1.54, 1.807) is 12.5 Å². The molecule has 2 aliphatic carbocycles. The minimum Gasteiger partial charge on any atom is -0.472 e. The molecule has 1 aromatic rings. The summed E-state index contributed by atoms with van der Waals surface area (Å²) in [7, 11) is 0. The Morgan fingerprint density at radius 2 is 1.94 bits per heavy atom. The second kappa shape index (κ2) is 3.61. The summed E-state index contributed by atoms with van der Waals surface area (Å²) in [5.41, 5.74) is 1.27. The summed E-state index contributed by atoms with van der Waals surface area (Å²) in [4.78, 5) is 0. The van der Waals surface area contributed by atoms with E-state index in [1.807, 2.05) is 6.92 Å². The van der Waals surface area contributed by atoms with Crippen molar-refractivity contribution in [3.8, 4) is 0 Å². The summed E-state index contributed by atoms with van der Waals surface area (Å²) < 4.78 is 5.22. The van der Waals surface area contributed by atoms with Crippen LogP contribution in [-0.4, -0.2) is 15.8 Å². The number of rotatable bonds is 0. The lowest BCUT2D eigenvalue weighted by Crippen LogP contribution is -2.38. The molecule has 1 saturated carbocycles. The summed E-state index contributed by atoms with van der Waals surface area (Å²) >= 11 is 0. The van der Waals surface area contributed by atoms with Gasteiger partial charge in [-0.15, -0.1) is 0 Å². The normalized spacial score (nSPS) is 42.2. The lowest BCUT2D eigenvalue weighted by molar-refractivity contribution is -0.0392. The van der Waals surface area contributed by atoms with E-state index in [9.17, 15) is 10.2 Å². The van der Waals surface area contributed by atoms with Gasteiger partial charge in [0.25, 0.3) is 0 Å². The molecular weight excluding hydrogens is 228 g/mol. The van der Waals surface area contributed by atoms with E-state index >= 15 is 0 Å². The van der Waals surface area contributed by atoms with Crippen LogP contribution >= 0.6 is 0 Å². The van der Waals surface area contributed by atoms with Crippen molar-refractivity contribution >= 4 is 0 Å². The molecule has 18 heavy (non-hydrogen) atoms. The first-order valence-electron chi connectivity index (χ1n) is 6.76. The van der Waals surface area contributed by atoms with Gasteiger partial charge in [-0.05, 0) is 42.6 Å². The van der Waals surface area contributed by atoms with Crippen molar-refractivity contribution in [1.82, 2.24) is 0 Å². The van der Waals surface area contributed by atoms with Crippen LogP contribution in [-0.2, 0) is 6.42 Å². The predicted octanol–water partition coefficient (Wildman–Crippen LogP) is 2.67. The van der Waals surface area contributed by atoms with Crippen LogP contribution in [0.15, 0.2) is 16.9 Å². The fourth-order valence-corrected chi connectivity index (χ4v) is 4.11. The molecule has 0 unspecified atom stereocenters. The summed E-state index contributed by atoms with van der Waals surface area (Å²) in [5, 5.41) is 21.4. The molecule has 3 heteroatoms. The van der Waals surface area contributed by atoms with Gasteiger partial charge in [-0.1, -0.05) is 13.8 Å². The number of aliphatic hydroxyl groups is 2. The zero-order chi connectivity index (χ0) is 13.1. The molecule has 0 radical (unpaired) electrons. The average molecular weight is 250 g/mol. The molecule has 2 N–H and O–H groups in total. The van der Waals surface area contributed by atoms with Crippen molar-refractivity contribution in [1.29, 1.82) is 0 Å². The highest BCUT2D eigenvalue weighted by molar-refractivity contribution is 5.29. The number of furan rings is 1. The molecule has 4 atom stereocenters. The molecule has 0 saturated heterocycles. The van der Waals surface area contributed by atoms with E-state index in [2.05, 4.69) is 13.8 Å². The minimum atomic E-state index is -0.755. The Bertz CT molecular complexity index is 458. The Labute approximate surface area is 108 Å². The lowest BCUT2D eigenvalue weighted by Gasteiger charge is -2.33. The first kappa shape index (κ1) is 12.2. The SMILES string of the molecule is CC1(C)C[C@@H]2[C@H](O)c3cocc3C[C@](C)(O)[C@H]2C1. The van der Waals surface area contributed by atoms with Gasteiger partial charge >= 0.3 is 0 Å². The van der Waals surface area contributed by atoms with Crippen LogP contribution in [0.4, 0.5) is 0 Å². The molecule has 0 amide bonds. The van der Waals surface area contributed by atoms with Gasteiger partial charge in [-0.3, -0.25) is 0 Å². The van der Waals surface area contributed by atoms with Crippen LogP contribution in [0, 0.1) is 17.3 Å². The summed E-state index contributed by atoms with van der Waals surface area (Å²) in [5.74, 6) is 0.295. The molecule has 0 aromatic carbocycles. The Balaban J connectivity index is 2.06. The highest BCUT2D eigenvalue weighted by atomic mass is 16.3. The maximum Gasteiger partial charge on any atom is 0.0963 e. The third kappa shape index (κ3) is 1.72. The quantitative estimate of drug-likeness (QED) is 0.744. The van der Waals surface area contributed by atoms with Gasteiger partial charge in [0.1, 0.15) is 0 Å². The molecule has 1 fully saturated rings. The second-order valence-electron chi connectivity index (χ2n) is 7.17. The smallest absolute Gasteiger partial charge is 0.0963 e. The van der Waals surface area contributed by atoms with Crippen molar-refractivity contribution in [2.24, 2.45) is 17.3 Å². The molecule has 100 valence electrons. The summed E-state index contributed by atoms with van der Waals surface area (Å²) in [6, 6.07) is 0. The number of hydrogen-bond donors (Lipinski definition) is 2. The maximum atomic E-state index is 10.8. The first-order chi connectivity index (χ1) is 8.30. The van der Waals surface area contributed by atoms with Gasteiger partial charge < -0.3 is 14.6 Å². The Hall–Kier alpha value is -0.800. The predicted molar refractivity (Wildman–Crippen MR) is 68.0 cm³/mol. The molecule has 3 rings (SSSR count). The molecule has 0 aliphatic heterocycles. The van der Waals surface area contributed by atoms with Crippen LogP contribution in [0.5, 0.6) is 0 Å². The van der Waals surface area contributed by atoms with Gasteiger partial charge in [0.05, 0.1) is 24.2 Å². The van der Waals surface area contributed by atoms with E-state index in [4.69, 9.17) is 4.42 Å². The van der Waals surface area contributed by atoms with E-state index < -0.39 is 11.7 Å². The fourth-order valence-electron chi connectivity index (χ4n) is 4.11. The third-order valence-electron chi connectivity index (χ3n) is 4.93. The maximum absolute atomic E-state index is 10.8. The van der Waals surface area contributed by atoms with Crippen molar-refractivity contribution in [3.63, 3.8) is 0 Å². The van der Waals surface area contributed by atoms with Crippen LogP contribution in [0.1, 0.15) is 50.8 Å². The van der Waals surface area contributed by atoms with Gasteiger partial charge in [0.2, 0.25) is 0 Å². The van der Waals surface area contributed by atoms with Crippen LogP contribution in [0.25, 0.3) is 0 Å². The van der Waals surface area contributed by atoms with E-state index in [0.717, 1.165) is 24.0 Å². The molecule has 1 aromatic heterocycles. The standard InChI is InChI=1S/C15H22O3/c1-14(2)5-10-12(6-14)15(3,17)4-9-7-18-8-11(9)13(10)16/h7-8,10,12-13,16-17H,4-6H2,1-3H3/t10-,12-,13-,15-/m0/s1. The lowest BCUT2D eigenvalue weighted by atomic mass is 9.78. The highest BCUT2D eigenvalue weighted by Crippen LogP contribution is 2.56. The zero-order valence-corrected chi connectivity index (χ0v) is 11.3. The Kier molecular flexibility index (Phi) is 2.46. The first-order valence-corrected chi connectivity index (χ1v) is 6.76.